The van der Waals surface area contributed by atoms with Gasteiger partial charge in [0.2, 0.25) is 0 Å². The molecule has 0 aromatic carbocycles. The van der Waals surface area contributed by atoms with E-state index in [1.165, 1.54) is 0 Å². The van der Waals surface area contributed by atoms with E-state index in [1.807, 2.05) is 0 Å². The molecule has 5 heteroatoms. The lowest BCUT2D eigenvalue weighted by Gasteiger charge is -2.14. The molecule has 5 nitrogen and oxygen atoms in total. The van der Waals surface area contributed by atoms with Gasteiger partial charge in [-0.2, -0.15) is 0 Å². The monoisotopic (exact) mass is 204 g/mol. The van der Waals surface area contributed by atoms with Crippen molar-refractivity contribution in [1.82, 2.24) is 0 Å². The average Bonchev–Trinajstić information content (AvgIpc) is 2.22. The lowest BCUT2D eigenvalue weighted by Crippen LogP contribution is -2.28. The van der Waals surface area contributed by atoms with Crippen LogP contribution in [0.3, 0.4) is 0 Å². The lowest BCUT2D eigenvalue weighted by molar-refractivity contribution is -0.161. The molecule has 0 heterocycles. The Morgan fingerprint density at radius 2 is 1.79 bits per heavy atom. The van der Waals surface area contributed by atoms with Gasteiger partial charge in [-0.3, -0.25) is 9.59 Å². The van der Waals surface area contributed by atoms with E-state index in [0.717, 1.165) is 0 Å². The van der Waals surface area contributed by atoms with E-state index in [2.05, 4.69) is 0 Å². The van der Waals surface area contributed by atoms with Crippen LogP contribution in [-0.4, -0.2) is 36.4 Å². The van der Waals surface area contributed by atoms with Gasteiger partial charge in [0.1, 0.15) is 6.61 Å². The van der Waals surface area contributed by atoms with Crippen LogP contribution < -0.4 is 0 Å². The third-order valence-corrected chi connectivity index (χ3v) is 1.51. The van der Waals surface area contributed by atoms with Crippen molar-refractivity contribution in [3.8, 4) is 0 Å². The number of ether oxygens (including phenoxy) is 2. The molecule has 0 aliphatic carbocycles. The van der Waals surface area contributed by atoms with E-state index in [9.17, 15) is 9.59 Å². The van der Waals surface area contributed by atoms with Crippen LogP contribution in [0, 0.1) is 0 Å². The summed E-state index contributed by atoms with van der Waals surface area (Å²) in [4.78, 5) is 21.6. The molecule has 0 spiro atoms. The molecule has 82 valence electrons. The molecule has 0 amide bonds. The molecule has 0 fully saturated rings. The molecule has 0 saturated carbocycles. The van der Waals surface area contributed by atoms with Crippen molar-refractivity contribution in [2.45, 2.75) is 32.8 Å². The van der Waals surface area contributed by atoms with E-state index in [1.54, 1.807) is 13.8 Å². The third kappa shape index (κ3) is 5.53. The highest BCUT2D eigenvalue weighted by atomic mass is 16.6. The highest BCUT2D eigenvalue weighted by molar-refractivity contribution is 5.69. The van der Waals surface area contributed by atoms with Gasteiger partial charge in [-0.25, -0.2) is 0 Å². The van der Waals surface area contributed by atoms with Gasteiger partial charge in [-0.05, 0) is 0 Å². The first-order valence-corrected chi connectivity index (χ1v) is 4.59. The van der Waals surface area contributed by atoms with Crippen LogP contribution in [0.2, 0.25) is 0 Å². The molecule has 0 saturated heterocycles. The summed E-state index contributed by atoms with van der Waals surface area (Å²) in [6, 6.07) is 0. The first-order valence-electron chi connectivity index (χ1n) is 4.59. The Kier molecular flexibility index (Phi) is 6.74. The van der Waals surface area contributed by atoms with Crippen molar-refractivity contribution in [3.05, 3.63) is 0 Å². The smallest absolute Gasteiger partial charge is 0.305 e. The van der Waals surface area contributed by atoms with Gasteiger partial charge < -0.3 is 14.6 Å². The fourth-order valence-electron chi connectivity index (χ4n) is 0.681. The quantitative estimate of drug-likeness (QED) is 0.628. The van der Waals surface area contributed by atoms with Crippen molar-refractivity contribution in [2.24, 2.45) is 0 Å². The zero-order valence-corrected chi connectivity index (χ0v) is 8.49. The summed E-state index contributed by atoms with van der Waals surface area (Å²) in [6.45, 7) is 2.88. The predicted molar refractivity (Wildman–Crippen MR) is 48.5 cm³/mol. The van der Waals surface area contributed by atoms with Crippen LogP contribution in [0.25, 0.3) is 0 Å². The maximum atomic E-state index is 10.8. The van der Waals surface area contributed by atoms with Gasteiger partial charge in [0.05, 0.1) is 6.61 Å². The maximum absolute atomic E-state index is 10.8. The molecule has 0 aromatic rings. The molecule has 14 heavy (non-hydrogen) atoms. The van der Waals surface area contributed by atoms with Crippen molar-refractivity contribution >= 4 is 11.9 Å². The number of rotatable bonds is 6. The minimum Gasteiger partial charge on any atom is -0.462 e. The number of aliphatic hydroxyl groups is 1. The molecule has 0 radical (unpaired) electrons. The first kappa shape index (κ1) is 12.9. The fourth-order valence-corrected chi connectivity index (χ4v) is 0.681. The lowest BCUT2D eigenvalue weighted by atomic mass is 10.4. The van der Waals surface area contributed by atoms with E-state index in [0.29, 0.717) is 0 Å². The zero-order valence-electron chi connectivity index (χ0n) is 8.49. The van der Waals surface area contributed by atoms with Crippen LogP contribution in [0.1, 0.15) is 26.7 Å². The molecule has 1 N–H and O–H groups in total. The van der Waals surface area contributed by atoms with Crippen molar-refractivity contribution in [3.63, 3.8) is 0 Å². The van der Waals surface area contributed by atoms with Gasteiger partial charge in [0.15, 0.2) is 6.10 Å². The van der Waals surface area contributed by atoms with Gasteiger partial charge in [-0.15, -0.1) is 0 Å². The number of carbonyl (C=O) groups is 2. The molecule has 1 atom stereocenters. The second-order valence-corrected chi connectivity index (χ2v) is 2.68. The van der Waals surface area contributed by atoms with E-state index in [4.69, 9.17) is 14.6 Å². The maximum Gasteiger partial charge on any atom is 0.305 e. The number of hydrogen-bond acceptors (Lipinski definition) is 5. The molecule has 0 rings (SSSR count). The van der Waals surface area contributed by atoms with Gasteiger partial charge >= 0.3 is 11.9 Å². The van der Waals surface area contributed by atoms with Crippen LogP contribution >= 0.6 is 0 Å². The Balaban J connectivity index is 3.79. The number of esters is 2. The minimum absolute atomic E-state index is 0.0884. The molecule has 0 unspecified atom stereocenters. The Morgan fingerprint density at radius 3 is 2.21 bits per heavy atom. The second kappa shape index (κ2) is 7.32. The van der Waals surface area contributed by atoms with Crippen LogP contribution in [0.5, 0.6) is 0 Å². The van der Waals surface area contributed by atoms with Crippen molar-refractivity contribution in [2.75, 3.05) is 13.2 Å². The number of aliphatic hydroxyl groups excluding tert-OH is 1. The SMILES string of the molecule is CCC(=O)OC[C@H](CO)OC(=O)CC. The summed E-state index contributed by atoms with van der Waals surface area (Å²) in [6.07, 6.45) is -0.254. The van der Waals surface area contributed by atoms with Gasteiger partial charge in [-0.1, -0.05) is 13.8 Å². The summed E-state index contributed by atoms with van der Waals surface area (Å²) in [5.74, 6) is -0.799. The third-order valence-electron chi connectivity index (χ3n) is 1.51. The zero-order chi connectivity index (χ0) is 11.0. The van der Waals surface area contributed by atoms with Crippen LogP contribution in [0.4, 0.5) is 0 Å². The molecular weight excluding hydrogens is 188 g/mol. The topological polar surface area (TPSA) is 72.8 Å². The number of hydrogen-bond donors (Lipinski definition) is 1. The van der Waals surface area contributed by atoms with E-state index < -0.39 is 12.1 Å². The van der Waals surface area contributed by atoms with Crippen molar-refractivity contribution in [1.29, 1.82) is 0 Å². The molecule has 0 bridgehead atoms. The summed E-state index contributed by atoms with van der Waals surface area (Å²) >= 11 is 0. The Hall–Kier alpha value is -1.10. The summed E-state index contributed by atoms with van der Waals surface area (Å²) in [5.41, 5.74) is 0. The van der Waals surface area contributed by atoms with Crippen LogP contribution in [-0.2, 0) is 19.1 Å². The van der Waals surface area contributed by atoms with E-state index in [-0.39, 0.29) is 32.0 Å². The standard InChI is InChI=1S/C9H16O5/c1-3-8(11)13-6-7(5-10)14-9(12)4-2/h7,10H,3-6H2,1-2H3/t7-/m0/s1. The first-order chi connectivity index (χ1) is 6.63. The highest BCUT2D eigenvalue weighted by Gasteiger charge is 2.14. The van der Waals surface area contributed by atoms with E-state index >= 15 is 0 Å². The summed E-state index contributed by atoms with van der Waals surface area (Å²) < 4.78 is 9.49. The normalized spacial score (nSPS) is 11.9. The Morgan fingerprint density at radius 1 is 1.21 bits per heavy atom. The summed E-state index contributed by atoms with van der Waals surface area (Å²) in [7, 11) is 0. The second-order valence-electron chi connectivity index (χ2n) is 2.68. The fraction of sp³-hybridized carbons (Fsp3) is 0.778. The minimum atomic E-state index is -0.752. The molecule has 0 aromatic heterocycles. The number of carbonyl (C=O) groups excluding carboxylic acids is 2. The highest BCUT2D eigenvalue weighted by Crippen LogP contribution is 1.97. The molecule has 0 aliphatic heterocycles. The van der Waals surface area contributed by atoms with Crippen LogP contribution in [0.15, 0.2) is 0 Å². The summed E-state index contributed by atoms with van der Waals surface area (Å²) in [5, 5.41) is 8.79. The Bertz CT molecular complexity index is 190. The molecule has 0 aliphatic rings. The molecular formula is C9H16O5. The van der Waals surface area contributed by atoms with Crippen molar-refractivity contribution < 1.29 is 24.2 Å². The van der Waals surface area contributed by atoms with Gasteiger partial charge in [0, 0.05) is 12.8 Å². The van der Waals surface area contributed by atoms with Gasteiger partial charge in [0.25, 0.3) is 0 Å². The average molecular weight is 204 g/mol. The largest absolute Gasteiger partial charge is 0.462 e. The predicted octanol–water partition coefficient (Wildman–Crippen LogP) is 0.254. The Labute approximate surface area is 83.0 Å².